The van der Waals surface area contributed by atoms with E-state index in [4.69, 9.17) is 0 Å². The molecule has 13 heteroatoms. The topological polar surface area (TPSA) is 27.7 Å². The minimum Gasteiger partial charge on any atom is -0.429 e. The minimum absolute atomic E-state index is 0.157. The lowest BCUT2D eigenvalue weighted by Gasteiger charge is -2.40. The van der Waals surface area contributed by atoms with E-state index in [9.17, 15) is 37.0 Å². The van der Waals surface area contributed by atoms with Gasteiger partial charge < -0.3 is 14.2 Å². The number of ether oxygens (including phenoxy) is 3. The molecule has 1 fully saturated rings. The van der Waals surface area contributed by atoms with Crippen molar-refractivity contribution in [3.63, 3.8) is 0 Å². The van der Waals surface area contributed by atoms with Gasteiger partial charge in [0.2, 0.25) is 0 Å². The highest BCUT2D eigenvalue weighted by Crippen LogP contribution is 3.02. The molecule has 1 aliphatic rings. The van der Waals surface area contributed by atoms with E-state index < -0.39 is 57.0 Å². The van der Waals surface area contributed by atoms with E-state index in [2.05, 4.69) is 14.2 Å². The molecule has 1 heterocycles. The fourth-order valence-corrected chi connectivity index (χ4v) is 2.82. The van der Waals surface area contributed by atoms with E-state index in [1.165, 1.54) is 0 Å². The Morgan fingerprint density at radius 1 is 1.00 bits per heavy atom. The standard InChI is InChI=1S/C12H11F9O3S/c1-6-4-22-11(23-5-6)12(15,16)24-7-2-8(13)10(9(14)3-7)25(17,18,19,20)21/h2-3,6,11H,4-5H2,1H3. The van der Waals surface area contributed by atoms with Crippen LogP contribution in [-0.4, -0.2) is 25.6 Å². The van der Waals surface area contributed by atoms with Gasteiger partial charge in [-0.2, -0.15) is 8.78 Å². The fourth-order valence-electron chi connectivity index (χ4n) is 1.96. The Morgan fingerprint density at radius 2 is 1.44 bits per heavy atom. The third-order valence-electron chi connectivity index (χ3n) is 2.95. The molecule has 2 rings (SSSR count). The molecule has 1 aromatic rings. The average molecular weight is 406 g/mol. The number of hydrogen-bond donors (Lipinski definition) is 0. The van der Waals surface area contributed by atoms with Crippen molar-refractivity contribution in [3.05, 3.63) is 23.8 Å². The lowest BCUT2D eigenvalue weighted by Crippen LogP contribution is -2.47. The van der Waals surface area contributed by atoms with Crippen molar-refractivity contribution in [3.8, 4) is 5.75 Å². The Hall–Kier alpha value is -1.34. The second-order valence-corrected chi connectivity index (χ2v) is 7.80. The Labute approximate surface area is 135 Å². The van der Waals surface area contributed by atoms with Crippen molar-refractivity contribution in [1.82, 2.24) is 0 Å². The van der Waals surface area contributed by atoms with Crippen LogP contribution in [-0.2, 0) is 9.47 Å². The van der Waals surface area contributed by atoms with Gasteiger partial charge in [-0.1, -0.05) is 26.4 Å². The molecule has 0 saturated carbocycles. The van der Waals surface area contributed by atoms with Crippen LogP contribution in [0.1, 0.15) is 6.92 Å². The SMILES string of the molecule is CC1COC(C(F)(F)Oc2cc(F)c(S(F)(F)(F)(F)F)c(F)c2)OC1. The molecule has 3 nitrogen and oxygen atoms in total. The molecule has 1 aliphatic heterocycles. The monoisotopic (exact) mass is 406 g/mol. The summed E-state index contributed by atoms with van der Waals surface area (Å²) in [6.45, 7) is 1.30. The summed E-state index contributed by atoms with van der Waals surface area (Å²) in [6, 6.07) is -0.842. The molecule has 0 amide bonds. The van der Waals surface area contributed by atoms with Gasteiger partial charge in [0, 0.05) is 18.1 Å². The number of rotatable bonds is 4. The van der Waals surface area contributed by atoms with Gasteiger partial charge in [-0.3, -0.25) is 0 Å². The molecule has 0 radical (unpaired) electrons. The second kappa shape index (κ2) is 5.33. The van der Waals surface area contributed by atoms with Crippen molar-refractivity contribution in [2.45, 2.75) is 24.2 Å². The third kappa shape index (κ3) is 4.64. The van der Waals surface area contributed by atoms with Crippen LogP contribution in [0.25, 0.3) is 0 Å². The predicted octanol–water partition coefficient (Wildman–Crippen LogP) is 5.60. The maximum atomic E-state index is 13.8. The number of hydrogen-bond acceptors (Lipinski definition) is 3. The van der Waals surface area contributed by atoms with Crippen molar-refractivity contribution >= 4 is 10.2 Å². The number of alkyl halides is 2. The van der Waals surface area contributed by atoms with E-state index in [1.54, 1.807) is 6.92 Å². The molecule has 25 heavy (non-hydrogen) atoms. The zero-order valence-corrected chi connectivity index (χ0v) is 13.1. The summed E-state index contributed by atoms with van der Waals surface area (Å²) in [4.78, 5) is -3.44. The van der Waals surface area contributed by atoms with Crippen LogP contribution in [0, 0.1) is 17.6 Å². The molecular weight excluding hydrogens is 395 g/mol. The number of benzene rings is 1. The van der Waals surface area contributed by atoms with Crippen molar-refractivity contribution in [1.29, 1.82) is 0 Å². The first-order valence-electron chi connectivity index (χ1n) is 6.53. The summed E-state index contributed by atoms with van der Waals surface area (Å²) in [5.41, 5.74) is 0. The maximum absolute atomic E-state index is 13.8. The van der Waals surface area contributed by atoms with Crippen LogP contribution < -0.4 is 4.74 Å². The lowest BCUT2D eigenvalue weighted by atomic mass is 10.2. The highest BCUT2D eigenvalue weighted by atomic mass is 32.5. The van der Waals surface area contributed by atoms with Gasteiger partial charge in [-0.15, -0.1) is 0 Å². The molecule has 0 aromatic heterocycles. The molecular formula is C12H11F9O3S. The molecule has 0 atom stereocenters. The normalized spacial score (nSPS) is 25.2. The molecule has 1 aromatic carbocycles. The van der Waals surface area contributed by atoms with E-state index in [-0.39, 0.29) is 19.1 Å². The summed E-state index contributed by atoms with van der Waals surface area (Å²) in [6.07, 6.45) is -6.62. The quantitative estimate of drug-likeness (QED) is 0.609. The molecule has 0 aliphatic carbocycles. The van der Waals surface area contributed by atoms with E-state index in [1.807, 2.05) is 0 Å². The van der Waals surface area contributed by atoms with Crippen molar-refractivity contribution in [2.24, 2.45) is 5.92 Å². The van der Waals surface area contributed by atoms with Crippen LogP contribution >= 0.6 is 10.2 Å². The molecule has 0 spiro atoms. The van der Waals surface area contributed by atoms with Crippen LogP contribution in [0.5, 0.6) is 5.75 Å². The Bertz CT molecular complexity index is 645. The summed E-state index contributed by atoms with van der Waals surface area (Å²) in [5, 5.41) is 0. The van der Waals surface area contributed by atoms with Gasteiger partial charge >= 0.3 is 16.3 Å². The molecule has 1 saturated heterocycles. The lowest BCUT2D eigenvalue weighted by molar-refractivity contribution is -0.350. The largest absolute Gasteiger partial charge is 0.451 e. The van der Waals surface area contributed by atoms with Crippen LogP contribution in [0.3, 0.4) is 0 Å². The first-order valence-corrected chi connectivity index (χ1v) is 8.48. The van der Waals surface area contributed by atoms with Gasteiger partial charge in [-0.25, -0.2) is 8.78 Å². The fraction of sp³-hybridized carbons (Fsp3) is 0.500. The smallest absolute Gasteiger partial charge is 0.429 e. The first kappa shape index (κ1) is 20.0. The van der Waals surface area contributed by atoms with Crippen LogP contribution in [0.15, 0.2) is 17.0 Å². The molecule has 0 bridgehead atoms. The Kier molecular flexibility index (Phi) is 4.26. The van der Waals surface area contributed by atoms with Crippen molar-refractivity contribution < 1.29 is 51.2 Å². The highest BCUT2D eigenvalue weighted by Gasteiger charge is 2.69. The summed E-state index contributed by atoms with van der Waals surface area (Å²) in [5.74, 6) is -7.25. The van der Waals surface area contributed by atoms with E-state index >= 15 is 0 Å². The average Bonchev–Trinajstić information content (AvgIpc) is 2.33. The van der Waals surface area contributed by atoms with Gasteiger partial charge in [0.05, 0.1) is 13.2 Å². The van der Waals surface area contributed by atoms with Crippen molar-refractivity contribution in [2.75, 3.05) is 13.2 Å². The molecule has 0 unspecified atom stereocenters. The van der Waals surface area contributed by atoms with Gasteiger partial charge in [0.15, 0.2) is 16.5 Å². The second-order valence-electron chi connectivity index (χ2n) is 5.45. The molecule has 146 valence electrons. The van der Waals surface area contributed by atoms with E-state index in [0.29, 0.717) is 0 Å². The Morgan fingerprint density at radius 3 is 1.84 bits per heavy atom. The summed E-state index contributed by atoms with van der Waals surface area (Å²) >= 11 is 0. The van der Waals surface area contributed by atoms with Crippen LogP contribution in [0.4, 0.5) is 37.0 Å². The van der Waals surface area contributed by atoms with Gasteiger partial charge in [0.25, 0.3) is 6.29 Å². The first-order chi connectivity index (χ1) is 11.0. The summed E-state index contributed by atoms with van der Waals surface area (Å²) in [7, 11) is -10.7. The predicted molar refractivity (Wildman–Crippen MR) is 68.2 cm³/mol. The molecule has 0 N–H and O–H groups in total. The maximum Gasteiger partial charge on any atom is 0.451 e. The minimum atomic E-state index is -10.7. The highest BCUT2D eigenvalue weighted by molar-refractivity contribution is 8.45. The Balaban J connectivity index is 2.31. The van der Waals surface area contributed by atoms with Crippen LogP contribution in [0.2, 0.25) is 0 Å². The van der Waals surface area contributed by atoms with Gasteiger partial charge in [-0.05, 0) is 0 Å². The zero-order valence-electron chi connectivity index (χ0n) is 12.3. The summed E-state index contributed by atoms with van der Waals surface area (Å²) < 4.78 is 130. The van der Waals surface area contributed by atoms with Gasteiger partial charge in [0.1, 0.15) is 5.75 Å². The van der Waals surface area contributed by atoms with E-state index in [0.717, 1.165) is 0 Å². The third-order valence-corrected chi connectivity index (χ3v) is 4.11. The zero-order chi connectivity index (χ0) is 19.3. The number of halogens is 9.